The highest BCUT2D eigenvalue weighted by molar-refractivity contribution is 7.88. The third-order valence-corrected chi connectivity index (χ3v) is 7.66. The van der Waals surface area contributed by atoms with Gasteiger partial charge in [-0.05, 0) is 6.04 Å². The number of hydrogen-bond donors (Lipinski definition) is 0. The molecule has 0 saturated carbocycles. The van der Waals surface area contributed by atoms with Crippen molar-refractivity contribution in [2.45, 2.75) is 81.3 Å². The fraction of sp³-hybridized carbons (Fsp3) is 0.737. The summed E-state index contributed by atoms with van der Waals surface area (Å²) in [4.78, 5) is 3.29. The van der Waals surface area contributed by atoms with Crippen LogP contribution in [0.2, 0.25) is 25.7 Å². The molecule has 38 heavy (non-hydrogen) atoms. The van der Waals surface area contributed by atoms with Gasteiger partial charge in [0.2, 0.25) is 0 Å². The van der Waals surface area contributed by atoms with E-state index in [1.54, 1.807) is 19.6 Å². The zero-order chi connectivity index (χ0) is 30.6. The normalized spacial score (nSPS) is 15.0. The van der Waals surface area contributed by atoms with Gasteiger partial charge >= 0.3 is 39.6 Å². The third kappa shape index (κ3) is 6.79. The van der Waals surface area contributed by atoms with E-state index in [2.05, 4.69) is 9.17 Å². The van der Waals surface area contributed by atoms with Gasteiger partial charge in [0.1, 0.15) is 5.69 Å². The van der Waals surface area contributed by atoms with Crippen LogP contribution in [0.25, 0.3) is 0 Å². The molecule has 0 bridgehead atoms. The highest BCUT2D eigenvalue weighted by Crippen LogP contribution is 2.55. The SMILES string of the molecule is CC(C)(C)c1nc(C(F)(F)F)cc(OS(=O)(=O)C(F)(F)C(F)(F)C(F)(F)C(F)(F)F)c1OCC[Si](C)(C)C. The van der Waals surface area contributed by atoms with Crippen LogP contribution in [0.3, 0.4) is 0 Å². The Morgan fingerprint density at radius 1 is 0.842 bits per heavy atom. The molecule has 0 atom stereocenters. The van der Waals surface area contributed by atoms with E-state index in [0.29, 0.717) is 0 Å². The summed E-state index contributed by atoms with van der Waals surface area (Å²) in [5, 5.41) is -7.29. The molecule has 1 rings (SSSR count). The maximum atomic E-state index is 14.2. The summed E-state index contributed by atoms with van der Waals surface area (Å²) in [7, 11) is -9.51. The van der Waals surface area contributed by atoms with Crippen molar-refractivity contribution in [1.82, 2.24) is 4.98 Å². The summed E-state index contributed by atoms with van der Waals surface area (Å²) in [6.45, 7) is 8.66. The van der Waals surface area contributed by atoms with Gasteiger partial charge in [0.15, 0.2) is 11.5 Å². The van der Waals surface area contributed by atoms with E-state index in [1.807, 2.05) is 0 Å². The molecule has 0 saturated heterocycles. The molecular formula is C19H23F12NO4SSi. The summed E-state index contributed by atoms with van der Waals surface area (Å²) < 4.78 is 193. The van der Waals surface area contributed by atoms with Gasteiger partial charge in [0, 0.05) is 19.6 Å². The van der Waals surface area contributed by atoms with Gasteiger partial charge in [-0.15, -0.1) is 0 Å². The summed E-state index contributed by atoms with van der Waals surface area (Å²) in [5.41, 5.74) is -4.22. The monoisotopic (exact) mass is 617 g/mol. The molecule has 1 aromatic rings. The molecule has 0 fully saturated rings. The average molecular weight is 618 g/mol. The second kappa shape index (κ2) is 9.92. The first kappa shape index (κ1) is 34.1. The summed E-state index contributed by atoms with van der Waals surface area (Å²) >= 11 is 0. The number of nitrogens with zero attached hydrogens (tertiary/aromatic N) is 1. The highest BCUT2D eigenvalue weighted by Gasteiger charge is 2.86. The first-order valence-corrected chi connectivity index (χ1v) is 15.4. The summed E-state index contributed by atoms with van der Waals surface area (Å²) in [5.74, 6) is -18.1. The maximum absolute atomic E-state index is 14.2. The number of alkyl halides is 12. The Hall–Kier alpha value is -1.92. The topological polar surface area (TPSA) is 65.5 Å². The van der Waals surface area contributed by atoms with Crippen molar-refractivity contribution < 1.29 is 70.0 Å². The van der Waals surface area contributed by atoms with Gasteiger partial charge < -0.3 is 8.92 Å². The molecule has 0 aliphatic rings. The molecule has 19 heteroatoms. The van der Waals surface area contributed by atoms with Crippen LogP contribution in [-0.4, -0.2) is 51.4 Å². The van der Waals surface area contributed by atoms with Crippen LogP contribution >= 0.6 is 0 Å². The van der Waals surface area contributed by atoms with Crippen molar-refractivity contribution in [3.05, 3.63) is 17.5 Å². The van der Waals surface area contributed by atoms with Crippen LogP contribution in [0, 0.1) is 0 Å². The third-order valence-electron chi connectivity index (χ3n) is 4.67. The number of pyridine rings is 1. The van der Waals surface area contributed by atoms with Crippen molar-refractivity contribution in [1.29, 1.82) is 0 Å². The van der Waals surface area contributed by atoms with E-state index in [-0.39, 0.29) is 18.7 Å². The Morgan fingerprint density at radius 2 is 1.32 bits per heavy atom. The van der Waals surface area contributed by atoms with Crippen LogP contribution in [0.4, 0.5) is 52.7 Å². The van der Waals surface area contributed by atoms with E-state index >= 15 is 0 Å². The van der Waals surface area contributed by atoms with Gasteiger partial charge in [-0.3, -0.25) is 0 Å². The molecule has 0 amide bonds. The number of hydrogen-bond acceptors (Lipinski definition) is 5. The molecule has 0 unspecified atom stereocenters. The molecule has 0 aliphatic carbocycles. The number of ether oxygens (including phenoxy) is 1. The maximum Gasteiger partial charge on any atom is 0.460 e. The first-order chi connectivity index (χ1) is 16.4. The predicted octanol–water partition coefficient (Wildman–Crippen LogP) is 7.25. The zero-order valence-corrected chi connectivity index (χ0v) is 22.3. The molecule has 222 valence electrons. The molecule has 1 heterocycles. The van der Waals surface area contributed by atoms with Crippen LogP contribution in [0.5, 0.6) is 11.5 Å². The van der Waals surface area contributed by atoms with Crippen LogP contribution in [0.1, 0.15) is 32.2 Å². The van der Waals surface area contributed by atoms with Crippen molar-refractivity contribution >= 4 is 18.2 Å². The van der Waals surface area contributed by atoms with Crippen LogP contribution in [-0.2, 0) is 21.7 Å². The molecular weight excluding hydrogens is 594 g/mol. The number of aromatic nitrogens is 1. The zero-order valence-electron chi connectivity index (χ0n) is 20.5. The molecule has 0 N–H and O–H groups in total. The Bertz CT molecular complexity index is 1120. The molecule has 1 aromatic heterocycles. The lowest BCUT2D eigenvalue weighted by molar-refractivity contribution is -0.382. The Labute approximate surface area is 210 Å². The van der Waals surface area contributed by atoms with Crippen LogP contribution in [0.15, 0.2) is 6.07 Å². The van der Waals surface area contributed by atoms with Gasteiger partial charge in [-0.25, -0.2) is 4.98 Å². The van der Waals surface area contributed by atoms with E-state index in [1.165, 1.54) is 20.8 Å². The lowest BCUT2D eigenvalue weighted by Gasteiger charge is -2.32. The minimum absolute atomic E-state index is 0.232. The Kier molecular flexibility index (Phi) is 8.90. The second-order valence-electron chi connectivity index (χ2n) is 10.3. The molecule has 0 aromatic carbocycles. The van der Waals surface area contributed by atoms with Crippen molar-refractivity contribution in [3.8, 4) is 11.5 Å². The van der Waals surface area contributed by atoms with Gasteiger partial charge in [0.05, 0.1) is 12.3 Å². The second-order valence-corrected chi connectivity index (χ2v) is 17.5. The van der Waals surface area contributed by atoms with Crippen molar-refractivity contribution in [3.63, 3.8) is 0 Å². The van der Waals surface area contributed by atoms with Gasteiger partial charge in [0.25, 0.3) is 0 Å². The predicted molar refractivity (Wildman–Crippen MR) is 112 cm³/mol. The minimum Gasteiger partial charge on any atom is -0.488 e. The van der Waals surface area contributed by atoms with E-state index in [4.69, 9.17) is 4.74 Å². The quantitative estimate of drug-likeness (QED) is 0.166. The van der Waals surface area contributed by atoms with E-state index in [0.717, 1.165) is 0 Å². The lowest BCUT2D eigenvalue weighted by Crippen LogP contribution is -2.63. The van der Waals surface area contributed by atoms with Crippen molar-refractivity contribution in [2.75, 3.05) is 6.61 Å². The number of halogens is 12. The van der Waals surface area contributed by atoms with Crippen LogP contribution < -0.4 is 8.92 Å². The first-order valence-electron chi connectivity index (χ1n) is 10.3. The fourth-order valence-corrected chi connectivity index (χ4v) is 4.13. The average Bonchev–Trinajstić information content (AvgIpc) is 2.64. The molecule has 0 spiro atoms. The smallest absolute Gasteiger partial charge is 0.460 e. The summed E-state index contributed by atoms with van der Waals surface area (Å²) in [6, 6.07) is -0.109. The molecule has 0 radical (unpaired) electrons. The van der Waals surface area contributed by atoms with Crippen molar-refractivity contribution in [2.24, 2.45) is 0 Å². The van der Waals surface area contributed by atoms with Gasteiger partial charge in [-0.1, -0.05) is 40.4 Å². The lowest BCUT2D eigenvalue weighted by atomic mass is 9.90. The van der Waals surface area contributed by atoms with E-state index in [9.17, 15) is 61.1 Å². The molecule has 5 nitrogen and oxygen atoms in total. The Balaban J connectivity index is 3.88. The minimum atomic E-state index is -7.65. The fourth-order valence-electron chi connectivity index (χ4n) is 2.51. The Morgan fingerprint density at radius 3 is 1.68 bits per heavy atom. The standard InChI is InChI=1S/C19H23F12NO4SSi/c1-14(2,3)13-12(35-7-8-38(4,5)6)10(9-11(32-13)15(20,21)22)36-37(33,34)19(30,31)17(25,26)16(23,24)18(27,28)29/h9H,7-8H2,1-6H3. The highest BCUT2D eigenvalue weighted by atomic mass is 32.2. The number of rotatable bonds is 9. The summed E-state index contributed by atoms with van der Waals surface area (Å²) in [6.07, 6.45) is -12.8. The molecule has 0 aliphatic heterocycles. The van der Waals surface area contributed by atoms with E-state index < -0.39 is 75.9 Å². The largest absolute Gasteiger partial charge is 0.488 e. The van der Waals surface area contributed by atoms with Gasteiger partial charge in [-0.2, -0.15) is 61.1 Å².